The Labute approximate surface area is 126 Å². The molecule has 0 saturated carbocycles. The van der Waals surface area contributed by atoms with Gasteiger partial charge in [-0.15, -0.1) is 0 Å². The van der Waals surface area contributed by atoms with Crippen LogP contribution in [0.5, 0.6) is 0 Å². The van der Waals surface area contributed by atoms with Gasteiger partial charge in [-0.25, -0.2) is 0 Å². The number of rotatable bonds is 5. The number of hydrogen-bond acceptors (Lipinski definition) is 2. The molecule has 2 nitrogen and oxygen atoms in total. The molecule has 100 valence electrons. The molecule has 4 heteroatoms. The zero-order valence-electron chi connectivity index (χ0n) is 10.4. The summed E-state index contributed by atoms with van der Waals surface area (Å²) in [5, 5.41) is 0.716. The average Bonchev–Trinajstić information content (AvgIpc) is 2.40. The average molecular weight is 341 g/mol. The SMILES string of the molecule is NCC(OCc1cccc(Cl)c1)c1cccc(Br)c1. The van der Waals surface area contributed by atoms with E-state index in [0.717, 1.165) is 15.6 Å². The van der Waals surface area contributed by atoms with Crippen LogP contribution in [0.2, 0.25) is 5.02 Å². The quantitative estimate of drug-likeness (QED) is 0.880. The van der Waals surface area contributed by atoms with Gasteiger partial charge in [0.15, 0.2) is 0 Å². The van der Waals surface area contributed by atoms with Gasteiger partial charge in [0.05, 0.1) is 12.7 Å². The van der Waals surface area contributed by atoms with Crippen LogP contribution in [0.25, 0.3) is 0 Å². The summed E-state index contributed by atoms with van der Waals surface area (Å²) in [6.45, 7) is 0.936. The van der Waals surface area contributed by atoms with Gasteiger partial charge in [-0.3, -0.25) is 0 Å². The molecule has 0 saturated heterocycles. The predicted molar refractivity (Wildman–Crippen MR) is 82.2 cm³/mol. The van der Waals surface area contributed by atoms with Crippen LogP contribution in [0.15, 0.2) is 53.0 Å². The Morgan fingerprint density at radius 2 is 1.95 bits per heavy atom. The van der Waals surface area contributed by atoms with E-state index in [9.17, 15) is 0 Å². The number of benzene rings is 2. The number of halogens is 2. The third-order valence-electron chi connectivity index (χ3n) is 2.77. The molecule has 2 N–H and O–H groups in total. The van der Waals surface area contributed by atoms with Crippen molar-refractivity contribution in [3.05, 3.63) is 69.2 Å². The van der Waals surface area contributed by atoms with E-state index in [1.807, 2.05) is 48.5 Å². The summed E-state index contributed by atoms with van der Waals surface area (Å²) in [6.07, 6.45) is -0.114. The Morgan fingerprint density at radius 3 is 2.63 bits per heavy atom. The third-order valence-corrected chi connectivity index (χ3v) is 3.50. The summed E-state index contributed by atoms with van der Waals surface area (Å²) in [4.78, 5) is 0. The monoisotopic (exact) mass is 339 g/mol. The minimum atomic E-state index is -0.114. The molecule has 0 fully saturated rings. The van der Waals surface area contributed by atoms with E-state index in [1.54, 1.807) is 0 Å². The molecule has 2 aromatic rings. The Bertz CT molecular complexity index is 547. The molecule has 0 bridgehead atoms. The first-order valence-electron chi connectivity index (χ1n) is 6.00. The fourth-order valence-corrected chi connectivity index (χ4v) is 2.46. The van der Waals surface area contributed by atoms with Gasteiger partial charge in [0.1, 0.15) is 0 Å². The van der Waals surface area contributed by atoms with Gasteiger partial charge >= 0.3 is 0 Å². The lowest BCUT2D eigenvalue weighted by Crippen LogP contribution is -2.15. The Kier molecular flexibility index (Phi) is 5.40. The van der Waals surface area contributed by atoms with Crippen molar-refractivity contribution in [2.24, 2.45) is 5.73 Å². The second-order valence-corrected chi connectivity index (χ2v) is 5.57. The van der Waals surface area contributed by atoms with Crippen LogP contribution in [0.3, 0.4) is 0 Å². The van der Waals surface area contributed by atoms with Crippen molar-refractivity contribution in [1.82, 2.24) is 0 Å². The van der Waals surface area contributed by atoms with Crippen LogP contribution in [0.4, 0.5) is 0 Å². The highest BCUT2D eigenvalue weighted by Gasteiger charge is 2.10. The zero-order valence-corrected chi connectivity index (χ0v) is 12.7. The minimum absolute atomic E-state index is 0.114. The van der Waals surface area contributed by atoms with Gasteiger partial charge in [-0.05, 0) is 35.4 Å². The fraction of sp³-hybridized carbons (Fsp3) is 0.200. The molecule has 0 aliphatic heterocycles. The molecular formula is C15H15BrClNO. The second kappa shape index (κ2) is 7.06. The summed E-state index contributed by atoms with van der Waals surface area (Å²) in [5.41, 5.74) is 7.89. The van der Waals surface area contributed by atoms with E-state index in [4.69, 9.17) is 22.1 Å². The lowest BCUT2D eigenvalue weighted by atomic mass is 10.1. The second-order valence-electron chi connectivity index (χ2n) is 4.22. The minimum Gasteiger partial charge on any atom is -0.368 e. The molecule has 1 unspecified atom stereocenters. The largest absolute Gasteiger partial charge is 0.368 e. The third kappa shape index (κ3) is 4.32. The number of nitrogens with two attached hydrogens (primary N) is 1. The summed E-state index contributed by atoms with van der Waals surface area (Å²) in [5.74, 6) is 0. The number of ether oxygens (including phenoxy) is 1. The van der Waals surface area contributed by atoms with Gasteiger partial charge < -0.3 is 10.5 Å². The summed E-state index contributed by atoms with van der Waals surface area (Å²) >= 11 is 9.40. The molecule has 0 aliphatic rings. The van der Waals surface area contributed by atoms with Gasteiger partial charge in [-0.2, -0.15) is 0 Å². The Morgan fingerprint density at radius 1 is 1.16 bits per heavy atom. The van der Waals surface area contributed by atoms with Gasteiger partial charge in [0.2, 0.25) is 0 Å². The molecular weight excluding hydrogens is 326 g/mol. The molecule has 0 aromatic heterocycles. The Hall–Kier alpha value is -0.870. The van der Waals surface area contributed by atoms with Crippen molar-refractivity contribution in [2.75, 3.05) is 6.54 Å². The molecule has 2 aromatic carbocycles. The maximum absolute atomic E-state index is 5.95. The van der Waals surface area contributed by atoms with Crippen molar-refractivity contribution < 1.29 is 4.74 Å². The normalized spacial score (nSPS) is 12.4. The maximum Gasteiger partial charge on any atom is 0.0952 e. The molecule has 1 atom stereocenters. The van der Waals surface area contributed by atoms with Crippen molar-refractivity contribution in [2.45, 2.75) is 12.7 Å². The molecule has 0 radical (unpaired) electrons. The summed E-state index contributed by atoms with van der Waals surface area (Å²) in [6, 6.07) is 15.6. The van der Waals surface area contributed by atoms with Crippen molar-refractivity contribution in [1.29, 1.82) is 0 Å². The fourth-order valence-electron chi connectivity index (χ4n) is 1.83. The van der Waals surface area contributed by atoms with E-state index in [-0.39, 0.29) is 6.10 Å². The standard InChI is InChI=1S/C15H15BrClNO/c16-13-5-2-4-12(8-13)15(9-18)19-10-11-3-1-6-14(17)7-11/h1-8,15H,9-10,18H2. The molecule has 2 rings (SSSR count). The van der Waals surface area contributed by atoms with Gasteiger partial charge in [0, 0.05) is 16.0 Å². The van der Waals surface area contributed by atoms with Crippen molar-refractivity contribution in [3.63, 3.8) is 0 Å². The lowest BCUT2D eigenvalue weighted by molar-refractivity contribution is 0.0456. The number of hydrogen-bond donors (Lipinski definition) is 1. The van der Waals surface area contributed by atoms with E-state index in [0.29, 0.717) is 18.2 Å². The highest BCUT2D eigenvalue weighted by Crippen LogP contribution is 2.22. The summed E-state index contributed by atoms with van der Waals surface area (Å²) in [7, 11) is 0. The molecule has 0 spiro atoms. The van der Waals surface area contributed by atoms with Crippen LogP contribution < -0.4 is 5.73 Å². The van der Waals surface area contributed by atoms with E-state index < -0.39 is 0 Å². The van der Waals surface area contributed by atoms with E-state index in [1.165, 1.54) is 0 Å². The Balaban J connectivity index is 2.04. The maximum atomic E-state index is 5.95. The van der Waals surface area contributed by atoms with Crippen LogP contribution in [0, 0.1) is 0 Å². The highest BCUT2D eigenvalue weighted by atomic mass is 79.9. The zero-order chi connectivity index (χ0) is 13.7. The van der Waals surface area contributed by atoms with Crippen LogP contribution >= 0.6 is 27.5 Å². The van der Waals surface area contributed by atoms with Gasteiger partial charge in [0.25, 0.3) is 0 Å². The highest BCUT2D eigenvalue weighted by molar-refractivity contribution is 9.10. The lowest BCUT2D eigenvalue weighted by Gasteiger charge is -2.17. The molecule has 0 heterocycles. The first kappa shape index (κ1) is 14.5. The predicted octanol–water partition coefficient (Wildman–Crippen LogP) is 4.32. The first-order chi connectivity index (χ1) is 9.19. The summed E-state index contributed by atoms with van der Waals surface area (Å²) < 4.78 is 6.89. The van der Waals surface area contributed by atoms with E-state index >= 15 is 0 Å². The molecule has 0 aliphatic carbocycles. The first-order valence-corrected chi connectivity index (χ1v) is 7.17. The molecule has 0 amide bonds. The van der Waals surface area contributed by atoms with Crippen molar-refractivity contribution >= 4 is 27.5 Å². The van der Waals surface area contributed by atoms with Crippen molar-refractivity contribution in [3.8, 4) is 0 Å². The smallest absolute Gasteiger partial charge is 0.0952 e. The van der Waals surface area contributed by atoms with Crippen LogP contribution in [-0.2, 0) is 11.3 Å². The van der Waals surface area contributed by atoms with Gasteiger partial charge in [-0.1, -0.05) is 51.8 Å². The van der Waals surface area contributed by atoms with Crippen LogP contribution in [-0.4, -0.2) is 6.54 Å². The topological polar surface area (TPSA) is 35.2 Å². The van der Waals surface area contributed by atoms with Crippen LogP contribution in [0.1, 0.15) is 17.2 Å². The van der Waals surface area contributed by atoms with E-state index in [2.05, 4.69) is 15.9 Å². The molecule has 19 heavy (non-hydrogen) atoms.